The van der Waals surface area contributed by atoms with E-state index in [0.717, 1.165) is 10.9 Å². The molecular formula is C14H10ClF3N2O2S. The van der Waals surface area contributed by atoms with Crippen molar-refractivity contribution in [3.63, 3.8) is 0 Å². The minimum absolute atomic E-state index is 0.165. The Hall–Kier alpha value is -2.06. The molecule has 0 spiro atoms. The van der Waals surface area contributed by atoms with Gasteiger partial charge in [0.05, 0.1) is 17.1 Å². The molecular weight excluding hydrogens is 353 g/mol. The zero-order valence-corrected chi connectivity index (χ0v) is 13.0. The lowest BCUT2D eigenvalue weighted by Gasteiger charge is -2.11. The van der Waals surface area contributed by atoms with Gasteiger partial charge in [-0.05, 0) is 29.6 Å². The Morgan fingerprint density at radius 1 is 1.17 bits per heavy atom. The van der Waals surface area contributed by atoms with E-state index in [2.05, 4.69) is 10.6 Å². The fraction of sp³-hybridized carbons (Fsp3) is 0.143. The van der Waals surface area contributed by atoms with Crippen molar-refractivity contribution in [1.82, 2.24) is 5.32 Å². The first kappa shape index (κ1) is 17.3. The molecule has 0 saturated carbocycles. The third-order valence-corrected chi connectivity index (χ3v) is 3.95. The predicted octanol–water partition coefficient (Wildman–Crippen LogP) is 3.68. The summed E-state index contributed by atoms with van der Waals surface area (Å²) < 4.78 is 38.2. The molecule has 0 aliphatic carbocycles. The van der Waals surface area contributed by atoms with Gasteiger partial charge in [0.1, 0.15) is 0 Å². The second-order valence-electron chi connectivity index (χ2n) is 4.41. The number of halogens is 4. The quantitative estimate of drug-likeness (QED) is 0.818. The third-order valence-electron chi connectivity index (χ3n) is 2.74. The first-order valence-corrected chi connectivity index (χ1v) is 7.51. The van der Waals surface area contributed by atoms with E-state index in [1.807, 2.05) is 5.38 Å². The van der Waals surface area contributed by atoms with Gasteiger partial charge in [0, 0.05) is 10.6 Å². The normalized spacial score (nSPS) is 11.1. The highest BCUT2D eigenvalue weighted by Gasteiger charge is 2.33. The smallest absolute Gasteiger partial charge is 0.343 e. The Balaban J connectivity index is 2.01. The second-order valence-corrected chi connectivity index (χ2v) is 5.85. The fourth-order valence-electron chi connectivity index (χ4n) is 1.67. The number of alkyl halides is 3. The molecule has 0 unspecified atom stereocenters. The zero-order chi connectivity index (χ0) is 17.0. The van der Waals surface area contributed by atoms with Crippen LogP contribution in [-0.2, 0) is 22.3 Å². The second kappa shape index (κ2) is 7.01. The molecule has 2 aromatic rings. The van der Waals surface area contributed by atoms with Crippen LogP contribution >= 0.6 is 22.9 Å². The van der Waals surface area contributed by atoms with Crippen molar-refractivity contribution < 1.29 is 22.8 Å². The van der Waals surface area contributed by atoms with Gasteiger partial charge in [-0.15, -0.1) is 11.3 Å². The summed E-state index contributed by atoms with van der Waals surface area (Å²) >= 11 is 6.88. The van der Waals surface area contributed by atoms with E-state index in [-0.39, 0.29) is 12.2 Å². The van der Waals surface area contributed by atoms with Crippen LogP contribution < -0.4 is 10.6 Å². The third kappa shape index (κ3) is 4.70. The van der Waals surface area contributed by atoms with Crippen LogP contribution in [-0.4, -0.2) is 11.8 Å². The first-order chi connectivity index (χ1) is 10.8. The van der Waals surface area contributed by atoms with Gasteiger partial charge >= 0.3 is 18.0 Å². The van der Waals surface area contributed by atoms with E-state index in [0.29, 0.717) is 6.07 Å². The van der Waals surface area contributed by atoms with E-state index < -0.39 is 28.6 Å². The number of hydrogen-bond donors (Lipinski definition) is 2. The van der Waals surface area contributed by atoms with Gasteiger partial charge in [0.2, 0.25) is 0 Å². The summed E-state index contributed by atoms with van der Waals surface area (Å²) in [5.41, 5.74) is -1.26. The molecule has 0 aliphatic heterocycles. The molecule has 1 aromatic heterocycles. The Bertz CT molecular complexity index is 717. The molecule has 1 heterocycles. The summed E-state index contributed by atoms with van der Waals surface area (Å²) in [5.74, 6) is -2.00. The van der Waals surface area contributed by atoms with Gasteiger partial charge in [-0.1, -0.05) is 17.7 Å². The standard InChI is InChI=1S/C14H10ClF3N2O2S/c15-11-4-3-8(6-10(11)14(16,17)18)20-13(22)12(21)19-7-9-2-1-5-23-9/h1-6H,7H2,(H,19,21)(H,20,22). The fourth-order valence-corrected chi connectivity index (χ4v) is 2.54. The molecule has 0 saturated heterocycles. The molecule has 0 radical (unpaired) electrons. The van der Waals surface area contributed by atoms with Crippen LogP contribution in [0.2, 0.25) is 5.02 Å². The van der Waals surface area contributed by atoms with Crippen molar-refractivity contribution in [1.29, 1.82) is 0 Å². The van der Waals surface area contributed by atoms with Crippen LogP contribution in [0.4, 0.5) is 18.9 Å². The number of carbonyl (C=O) groups is 2. The van der Waals surface area contributed by atoms with Crippen molar-refractivity contribution in [2.75, 3.05) is 5.32 Å². The topological polar surface area (TPSA) is 58.2 Å². The maximum absolute atomic E-state index is 12.7. The Morgan fingerprint density at radius 2 is 1.91 bits per heavy atom. The zero-order valence-electron chi connectivity index (χ0n) is 11.4. The van der Waals surface area contributed by atoms with E-state index in [4.69, 9.17) is 11.6 Å². The summed E-state index contributed by atoms with van der Waals surface area (Å²) in [6, 6.07) is 6.43. The average Bonchev–Trinajstić information content (AvgIpc) is 2.98. The molecule has 23 heavy (non-hydrogen) atoms. The highest BCUT2D eigenvalue weighted by atomic mass is 35.5. The highest BCUT2D eigenvalue weighted by Crippen LogP contribution is 2.36. The number of rotatable bonds is 3. The van der Waals surface area contributed by atoms with Crippen molar-refractivity contribution >= 4 is 40.4 Å². The largest absolute Gasteiger partial charge is 0.417 e. The van der Waals surface area contributed by atoms with Crippen LogP contribution in [0.25, 0.3) is 0 Å². The number of amides is 2. The molecule has 0 aliphatic rings. The van der Waals surface area contributed by atoms with Gasteiger partial charge in [0.25, 0.3) is 0 Å². The van der Waals surface area contributed by atoms with E-state index in [9.17, 15) is 22.8 Å². The minimum atomic E-state index is -4.65. The van der Waals surface area contributed by atoms with Gasteiger partial charge in [0.15, 0.2) is 0 Å². The van der Waals surface area contributed by atoms with Crippen LogP contribution in [0.1, 0.15) is 10.4 Å². The summed E-state index contributed by atoms with van der Waals surface area (Å²) in [6.07, 6.45) is -4.65. The molecule has 0 atom stereocenters. The number of anilines is 1. The monoisotopic (exact) mass is 362 g/mol. The number of hydrogen-bond acceptors (Lipinski definition) is 3. The molecule has 2 rings (SSSR count). The Kier molecular flexibility index (Phi) is 5.27. The van der Waals surface area contributed by atoms with Crippen LogP contribution in [0.15, 0.2) is 35.7 Å². The summed E-state index contributed by atoms with van der Waals surface area (Å²) in [7, 11) is 0. The number of thiophene rings is 1. The molecule has 0 fully saturated rings. The molecule has 2 N–H and O–H groups in total. The van der Waals surface area contributed by atoms with E-state index >= 15 is 0 Å². The maximum Gasteiger partial charge on any atom is 0.417 e. The Morgan fingerprint density at radius 3 is 2.52 bits per heavy atom. The molecule has 9 heteroatoms. The summed E-state index contributed by atoms with van der Waals surface area (Å²) in [5, 5.41) is 5.80. The highest BCUT2D eigenvalue weighted by molar-refractivity contribution is 7.09. The van der Waals surface area contributed by atoms with Crippen molar-refractivity contribution in [3.05, 3.63) is 51.2 Å². The molecule has 122 valence electrons. The van der Waals surface area contributed by atoms with Crippen LogP contribution in [0.3, 0.4) is 0 Å². The predicted molar refractivity (Wildman–Crippen MR) is 81.2 cm³/mol. The van der Waals surface area contributed by atoms with Crippen LogP contribution in [0.5, 0.6) is 0 Å². The van der Waals surface area contributed by atoms with Crippen LogP contribution in [0, 0.1) is 0 Å². The van der Waals surface area contributed by atoms with Crippen molar-refractivity contribution in [2.45, 2.75) is 12.7 Å². The van der Waals surface area contributed by atoms with Gasteiger partial charge in [-0.3, -0.25) is 9.59 Å². The van der Waals surface area contributed by atoms with Crippen molar-refractivity contribution in [2.24, 2.45) is 0 Å². The van der Waals surface area contributed by atoms with E-state index in [1.165, 1.54) is 17.4 Å². The van der Waals surface area contributed by atoms with Gasteiger partial charge in [-0.2, -0.15) is 13.2 Å². The lowest BCUT2D eigenvalue weighted by atomic mass is 10.2. The number of carbonyl (C=O) groups excluding carboxylic acids is 2. The molecule has 2 amide bonds. The minimum Gasteiger partial charge on any atom is -0.343 e. The maximum atomic E-state index is 12.7. The first-order valence-electron chi connectivity index (χ1n) is 6.25. The number of nitrogens with one attached hydrogen (secondary N) is 2. The van der Waals surface area contributed by atoms with Gasteiger partial charge < -0.3 is 10.6 Å². The Labute approximate surface area is 138 Å². The summed E-state index contributed by atoms with van der Waals surface area (Å²) in [6.45, 7) is 0.165. The van der Waals surface area contributed by atoms with Gasteiger partial charge in [-0.25, -0.2) is 0 Å². The molecule has 0 bridgehead atoms. The average molecular weight is 363 g/mol. The van der Waals surface area contributed by atoms with Crippen molar-refractivity contribution in [3.8, 4) is 0 Å². The SMILES string of the molecule is O=C(NCc1cccs1)C(=O)Nc1ccc(Cl)c(C(F)(F)F)c1. The van der Waals surface area contributed by atoms with E-state index in [1.54, 1.807) is 12.1 Å². The lowest BCUT2D eigenvalue weighted by molar-refractivity contribution is -0.137. The summed E-state index contributed by atoms with van der Waals surface area (Å²) in [4.78, 5) is 24.2. The molecule has 4 nitrogen and oxygen atoms in total. The lowest BCUT2D eigenvalue weighted by Crippen LogP contribution is -2.34. The number of benzene rings is 1. The molecule has 1 aromatic carbocycles.